The van der Waals surface area contributed by atoms with Gasteiger partial charge in [0, 0.05) is 37.9 Å². The molecule has 2 N–H and O–H groups in total. The molecule has 0 aromatic carbocycles. The predicted octanol–water partition coefficient (Wildman–Crippen LogP) is 0.840. The lowest BCUT2D eigenvalue weighted by Crippen LogP contribution is -2.28. The molecule has 1 aromatic heterocycles. The van der Waals surface area contributed by atoms with Crippen molar-refractivity contribution in [3.63, 3.8) is 0 Å². The number of nitrogens with zero attached hydrogens (tertiary/aromatic N) is 1. The number of hydrogen-bond donors (Lipinski definition) is 2. The highest BCUT2D eigenvalue weighted by molar-refractivity contribution is 5.76. The van der Waals surface area contributed by atoms with Crippen LogP contribution in [0.3, 0.4) is 0 Å². The minimum atomic E-state index is 0.102. The second-order valence-corrected chi connectivity index (χ2v) is 4.11. The van der Waals surface area contributed by atoms with Gasteiger partial charge in [-0.1, -0.05) is 0 Å². The van der Waals surface area contributed by atoms with E-state index in [0.717, 1.165) is 12.1 Å². The molecule has 0 aliphatic heterocycles. The van der Waals surface area contributed by atoms with E-state index in [1.165, 1.54) is 12.8 Å². The first kappa shape index (κ1) is 11.1. The number of aromatic nitrogens is 1. The molecule has 0 spiro atoms. The zero-order valence-corrected chi connectivity index (χ0v) is 9.28. The van der Waals surface area contributed by atoms with Gasteiger partial charge in [-0.15, -0.1) is 0 Å². The molecule has 1 aromatic rings. The zero-order valence-electron chi connectivity index (χ0n) is 9.28. The average Bonchev–Trinajstić information content (AvgIpc) is 3.12. The summed E-state index contributed by atoms with van der Waals surface area (Å²) in [6.45, 7) is 1.37. The minimum Gasteiger partial charge on any atom is -0.352 e. The summed E-state index contributed by atoms with van der Waals surface area (Å²) in [5, 5.41) is 6.20. The lowest BCUT2D eigenvalue weighted by molar-refractivity contribution is -0.121. The molecule has 4 nitrogen and oxygen atoms in total. The summed E-state index contributed by atoms with van der Waals surface area (Å²) < 4.78 is 0. The molecule has 0 bridgehead atoms. The SMILES string of the molecule is O=C(CCNC1CC1)NCc1ccncc1. The number of carbonyl (C=O) groups excluding carboxylic acids is 1. The maximum atomic E-state index is 11.5. The Hall–Kier alpha value is -1.42. The van der Waals surface area contributed by atoms with Crippen LogP contribution in [-0.4, -0.2) is 23.5 Å². The van der Waals surface area contributed by atoms with Gasteiger partial charge in [-0.25, -0.2) is 0 Å². The van der Waals surface area contributed by atoms with Gasteiger partial charge in [-0.05, 0) is 30.5 Å². The van der Waals surface area contributed by atoms with Gasteiger partial charge in [0.15, 0.2) is 0 Å². The fourth-order valence-corrected chi connectivity index (χ4v) is 1.47. The molecule has 0 unspecified atom stereocenters. The number of pyridine rings is 1. The molecular formula is C12H17N3O. The molecule has 0 atom stereocenters. The third-order valence-electron chi connectivity index (χ3n) is 2.60. The molecule has 1 heterocycles. The van der Waals surface area contributed by atoms with Crippen LogP contribution in [0.4, 0.5) is 0 Å². The Morgan fingerprint density at radius 1 is 1.38 bits per heavy atom. The van der Waals surface area contributed by atoms with Crippen LogP contribution in [0.1, 0.15) is 24.8 Å². The molecular weight excluding hydrogens is 202 g/mol. The Kier molecular flexibility index (Phi) is 3.88. The maximum absolute atomic E-state index is 11.5. The van der Waals surface area contributed by atoms with Crippen LogP contribution in [0, 0.1) is 0 Å². The van der Waals surface area contributed by atoms with Crippen molar-refractivity contribution in [1.82, 2.24) is 15.6 Å². The van der Waals surface area contributed by atoms with Crippen LogP contribution < -0.4 is 10.6 Å². The van der Waals surface area contributed by atoms with Crippen LogP contribution in [0.5, 0.6) is 0 Å². The van der Waals surface area contributed by atoms with Gasteiger partial charge in [0.05, 0.1) is 0 Å². The van der Waals surface area contributed by atoms with E-state index in [0.29, 0.717) is 19.0 Å². The summed E-state index contributed by atoms with van der Waals surface area (Å²) in [6.07, 6.45) is 6.55. The Labute approximate surface area is 95.5 Å². The smallest absolute Gasteiger partial charge is 0.221 e. The maximum Gasteiger partial charge on any atom is 0.221 e. The fraction of sp³-hybridized carbons (Fsp3) is 0.500. The van der Waals surface area contributed by atoms with E-state index in [1.807, 2.05) is 12.1 Å². The number of rotatable bonds is 6. The largest absolute Gasteiger partial charge is 0.352 e. The van der Waals surface area contributed by atoms with Crippen LogP contribution in [0.25, 0.3) is 0 Å². The van der Waals surface area contributed by atoms with Gasteiger partial charge in [-0.3, -0.25) is 9.78 Å². The summed E-state index contributed by atoms with van der Waals surface area (Å²) >= 11 is 0. The molecule has 2 rings (SSSR count). The Morgan fingerprint density at radius 2 is 2.12 bits per heavy atom. The van der Waals surface area contributed by atoms with Crippen molar-refractivity contribution in [2.45, 2.75) is 31.8 Å². The van der Waals surface area contributed by atoms with Gasteiger partial charge < -0.3 is 10.6 Å². The summed E-state index contributed by atoms with van der Waals surface area (Å²) in [6, 6.07) is 4.49. The lowest BCUT2D eigenvalue weighted by atomic mass is 10.2. The number of hydrogen-bond acceptors (Lipinski definition) is 3. The number of nitrogens with one attached hydrogen (secondary N) is 2. The first-order chi connectivity index (χ1) is 7.84. The summed E-state index contributed by atoms with van der Waals surface area (Å²) in [7, 11) is 0. The first-order valence-electron chi connectivity index (χ1n) is 5.73. The normalized spacial score (nSPS) is 14.8. The predicted molar refractivity (Wildman–Crippen MR) is 61.7 cm³/mol. The highest BCUT2D eigenvalue weighted by Gasteiger charge is 2.19. The molecule has 0 saturated heterocycles. The van der Waals surface area contributed by atoms with Crippen molar-refractivity contribution in [3.05, 3.63) is 30.1 Å². The fourth-order valence-electron chi connectivity index (χ4n) is 1.47. The van der Waals surface area contributed by atoms with Crippen molar-refractivity contribution in [1.29, 1.82) is 0 Å². The first-order valence-corrected chi connectivity index (χ1v) is 5.73. The standard InChI is InChI=1S/C12H17N3O/c16-12(5-8-14-11-1-2-11)15-9-10-3-6-13-7-4-10/h3-4,6-7,11,14H,1-2,5,8-9H2,(H,15,16). The highest BCUT2D eigenvalue weighted by Crippen LogP contribution is 2.18. The molecule has 16 heavy (non-hydrogen) atoms. The van der Waals surface area contributed by atoms with E-state index in [1.54, 1.807) is 12.4 Å². The van der Waals surface area contributed by atoms with Gasteiger partial charge in [0.1, 0.15) is 0 Å². The molecule has 1 aliphatic rings. The molecule has 1 amide bonds. The summed E-state index contributed by atoms with van der Waals surface area (Å²) in [5.41, 5.74) is 1.08. The van der Waals surface area contributed by atoms with Crippen molar-refractivity contribution in [2.24, 2.45) is 0 Å². The van der Waals surface area contributed by atoms with E-state index in [4.69, 9.17) is 0 Å². The molecule has 4 heteroatoms. The second kappa shape index (κ2) is 5.61. The van der Waals surface area contributed by atoms with Crippen molar-refractivity contribution >= 4 is 5.91 Å². The lowest BCUT2D eigenvalue weighted by Gasteiger charge is -2.05. The molecule has 0 radical (unpaired) electrons. The van der Waals surface area contributed by atoms with E-state index >= 15 is 0 Å². The van der Waals surface area contributed by atoms with Gasteiger partial charge in [-0.2, -0.15) is 0 Å². The van der Waals surface area contributed by atoms with Crippen LogP contribution in [-0.2, 0) is 11.3 Å². The summed E-state index contributed by atoms with van der Waals surface area (Å²) in [4.78, 5) is 15.4. The van der Waals surface area contributed by atoms with E-state index in [2.05, 4.69) is 15.6 Å². The number of carbonyl (C=O) groups is 1. The topological polar surface area (TPSA) is 54.0 Å². The Bertz CT molecular complexity index is 335. The van der Waals surface area contributed by atoms with Gasteiger partial charge in [0.25, 0.3) is 0 Å². The average molecular weight is 219 g/mol. The minimum absolute atomic E-state index is 0.102. The van der Waals surface area contributed by atoms with Crippen molar-refractivity contribution in [2.75, 3.05) is 6.54 Å². The van der Waals surface area contributed by atoms with Crippen molar-refractivity contribution in [3.8, 4) is 0 Å². The number of amides is 1. The van der Waals surface area contributed by atoms with Gasteiger partial charge >= 0.3 is 0 Å². The van der Waals surface area contributed by atoms with Gasteiger partial charge in [0.2, 0.25) is 5.91 Å². The van der Waals surface area contributed by atoms with E-state index < -0.39 is 0 Å². The third-order valence-corrected chi connectivity index (χ3v) is 2.60. The van der Waals surface area contributed by atoms with Crippen LogP contribution >= 0.6 is 0 Å². The Morgan fingerprint density at radius 3 is 2.81 bits per heavy atom. The monoisotopic (exact) mass is 219 g/mol. The Balaban J connectivity index is 1.59. The van der Waals surface area contributed by atoms with Crippen molar-refractivity contribution < 1.29 is 4.79 Å². The summed E-state index contributed by atoms with van der Waals surface area (Å²) in [5.74, 6) is 0.102. The van der Waals surface area contributed by atoms with E-state index in [-0.39, 0.29) is 5.91 Å². The molecule has 1 aliphatic carbocycles. The molecule has 1 fully saturated rings. The molecule has 86 valence electrons. The van der Waals surface area contributed by atoms with Crippen LogP contribution in [0.15, 0.2) is 24.5 Å². The van der Waals surface area contributed by atoms with Crippen LogP contribution in [0.2, 0.25) is 0 Å². The second-order valence-electron chi connectivity index (χ2n) is 4.11. The zero-order chi connectivity index (χ0) is 11.2. The highest BCUT2D eigenvalue weighted by atomic mass is 16.1. The molecule has 1 saturated carbocycles. The van der Waals surface area contributed by atoms with E-state index in [9.17, 15) is 4.79 Å². The third kappa shape index (κ3) is 3.98. The quantitative estimate of drug-likeness (QED) is 0.745.